The minimum absolute atomic E-state index is 0.297. The average Bonchev–Trinajstić information content (AvgIpc) is 2.55. The number of ether oxygens (including phenoxy) is 1. The van der Waals surface area contributed by atoms with Gasteiger partial charge in [-0.2, -0.15) is 5.26 Å². The van der Waals surface area contributed by atoms with E-state index >= 15 is 0 Å². The molecule has 118 valence electrons. The number of esters is 1. The lowest BCUT2D eigenvalue weighted by atomic mass is 9.97. The molecule has 1 atom stereocenters. The fraction of sp³-hybridized carbons (Fsp3) is 0.294. The molecule has 2 aromatic heterocycles. The van der Waals surface area contributed by atoms with E-state index in [0.29, 0.717) is 35.4 Å². The molecule has 0 radical (unpaired) electrons. The van der Waals surface area contributed by atoms with Crippen LogP contribution in [0.1, 0.15) is 36.3 Å². The molecular formula is C17H16BrN3O2. The molecule has 2 rings (SSSR count). The van der Waals surface area contributed by atoms with Crippen molar-refractivity contribution in [2.24, 2.45) is 0 Å². The van der Waals surface area contributed by atoms with E-state index in [-0.39, 0.29) is 5.97 Å². The summed E-state index contributed by atoms with van der Waals surface area (Å²) in [5.41, 5.74) is 1.80. The highest BCUT2D eigenvalue weighted by atomic mass is 79.9. The highest BCUT2D eigenvalue weighted by molar-refractivity contribution is 9.10. The first-order chi connectivity index (χ1) is 11.1. The van der Waals surface area contributed by atoms with Crippen LogP contribution in [0.4, 0.5) is 0 Å². The number of aryl methyl sites for hydroxylation is 1. The molecule has 0 bridgehead atoms. The predicted molar refractivity (Wildman–Crippen MR) is 88.6 cm³/mol. The number of halogens is 1. The molecule has 2 heterocycles. The van der Waals surface area contributed by atoms with Crippen molar-refractivity contribution in [2.75, 3.05) is 6.61 Å². The quantitative estimate of drug-likeness (QED) is 0.572. The molecule has 2 aromatic rings. The number of rotatable bonds is 6. The topological polar surface area (TPSA) is 75.9 Å². The molecule has 0 spiro atoms. The van der Waals surface area contributed by atoms with Crippen LogP contribution in [-0.4, -0.2) is 22.5 Å². The van der Waals surface area contributed by atoms with Crippen molar-refractivity contribution in [3.05, 3.63) is 58.1 Å². The molecule has 0 aliphatic heterocycles. The Hall–Kier alpha value is -2.26. The van der Waals surface area contributed by atoms with E-state index in [1.165, 1.54) is 0 Å². The number of nitrogens with zero attached hydrogens (tertiary/aromatic N) is 3. The van der Waals surface area contributed by atoms with Gasteiger partial charge in [-0.25, -0.2) is 9.97 Å². The standard InChI is InChI=1S/C17H16BrN3O2/c1-2-23-17(22)14(15-7-4-8-16(18)21-15)10-9-12-5-3-6-13(11-19)20-12/h3-8,14H,2,9-10H2,1H3. The molecule has 0 N–H and O–H groups in total. The first-order valence-electron chi connectivity index (χ1n) is 7.29. The Bertz CT molecular complexity index is 728. The molecule has 0 saturated heterocycles. The first kappa shape index (κ1) is 17.1. The molecule has 5 nitrogen and oxygen atoms in total. The molecule has 6 heteroatoms. The number of hydrogen-bond donors (Lipinski definition) is 0. The number of carbonyl (C=O) groups is 1. The van der Waals surface area contributed by atoms with Gasteiger partial charge in [0.1, 0.15) is 16.4 Å². The molecular weight excluding hydrogens is 358 g/mol. The Morgan fingerprint density at radius 3 is 2.78 bits per heavy atom. The molecule has 0 aliphatic rings. The summed E-state index contributed by atoms with van der Waals surface area (Å²) in [6.07, 6.45) is 1.08. The van der Waals surface area contributed by atoms with Crippen molar-refractivity contribution < 1.29 is 9.53 Å². The zero-order valence-electron chi connectivity index (χ0n) is 12.7. The fourth-order valence-electron chi connectivity index (χ4n) is 2.22. The Kier molecular flexibility index (Phi) is 6.24. The predicted octanol–water partition coefficient (Wildman–Crippen LogP) is 3.39. The maximum atomic E-state index is 12.2. The number of nitriles is 1. The van der Waals surface area contributed by atoms with Gasteiger partial charge in [-0.3, -0.25) is 4.79 Å². The van der Waals surface area contributed by atoms with Crippen molar-refractivity contribution in [2.45, 2.75) is 25.7 Å². The largest absolute Gasteiger partial charge is 0.465 e. The summed E-state index contributed by atoms with van der Waals surface area (Å²) in [7, 11) is 0. The van der Waals surface area contributed by atoms with Crippen LogP contribution in [0.5, 0.6) is 0 Å². The van der Waals surface area contributed by atoms with Gasteiger partial charge in [-0.15, -0.1) is 0 Å². The number of hydrogen-bond acceptors (Lipinski definition) is 5. The molecule has 0 amide bonds. The van der Waals surface area contributed by atoms with Crippen molar-refractivity contribution in [3.8, 4) is 6.07 Å². The summed E-state index contributed by atoms with van der Waals surface area (Å²) in [6, 6.07) is 12.8. The van der Waals surface area contributed by atoms with Gasteiger partial charge in [0, 0.05) is 5.69 Å². The van der Waals surface area contributed by atoms with Crippen molar-refractivity contribution in [3.63, 3.8) is 0 Å². The van der Waals surface area contributed by atoms with Gasteiger partial charge in [-0.05, 0) is 60.0 Å². The maximum Gasteiger partial charge on any atom is 0.315 e. The van der Waals surface area contributed by atoms with E-state index in [2.05, 4.69) is 25.9 Å². The van der Waals surface area contributed by atoms with Gasteiger partial charge >= 0.3 is 5.97 Å². The van der Waals surface area contributed by atoms with E-state index in [9.17, 15) is 4.79 Å². The molecule has 1 unspecified atom stereocenters. The van der Waals surface area contributed by atoms with E-state index in [0.717, 1.165) is 5.69 Å². The Balaban J connectivity index is 2.17. The van der Waals surface area contributed by atoms with Gasteiger partial charge in [0.2, 0.25) is 0 Å². The van der Waals surface area contributed by atoms with Crippen molar-refractivity contribution >= 4 is 21.9 Å². The van der Waals surface area contributed by atoms with Crippen LogP contribution >= 0.6 is 15.9 Å². The summed E-state index contributed by atoms with van der Waals surface area (Å²) < 4.78 is 5.84. The number of pyridine rings is 2. The van der Waals surface area contributed by atoms with Crippen LogP contribution < -0.4 is 0 Å². The van der Waals surface area contributed by atoms with Gasteiger partial charge in [0.05, 0.1) is 18.2 Å². The second-order valence-corrected chi connectivity index (χ2v) is 5.67. The fourth-order valence-corrected chi connectivity index (χ4v) is 2.58. The van der Waals surface area contributed by atoms with Crippen LogP contribution in [0.3, 0.4) is 0 Å². The van der Waals surface area contributed by atoms with Crippen LogP contribution in [0.2, 0.25) is 0 Å². The average molecular weight is 374 g/mol. The minimum atomic E-state index is -0.458. The summed E-state index contributed by atoms with van der Waals surface area (Å²) in [6.45, 7) is 2.10. The lowest BCUT2D eigenvalue weighted by Gasteiger charge is -2.15. The van der Waals surface area contributed by atoms with E-state index in [1.807, 2.05) is 30.3 Å². The molecule has 0 aromatic carbocycles. The van der Waals surface area contributed by atoms with E-state index in [1.54, 1.807) is 19.1 Å². The molecule has 0 fully saturated rings. The highest BCUT2D eigenvalue weighted by Gasteiger charge is 2.23. The third-order valence-corrected chi connectivity index (χ3v) is 3.72. The number of aromatic nitrogens is 2. The van der Waals surface area contributed by atoms with Crippen molar-refractivity contribution in [1.29, 1.82) is 5.26 Å². The Labute approximate surface area is 143 Å². The second-order valence-electron chi connectivity index (χ2n) is 4.85. The smallest absolute Gasteiger partial charge is 0.315 e. The zero-order valence-corrected chi connectivity index (χ0v) is 14.3. The maximum absolute atomic E-state index is 12.2. The third-order valence-electron chi connectivity index (χ3n) is 3.28. The van der Waals surface area contributed by atoms with Crippen molar-refractivity contribution in [1.82, 2.24) is 9.97 Å². The monoisotopic (exact) mass is 373 g/mol. The summed E-state index contributed by atoms with van der Waals surface area (Å²) in [5, 5.41) is 8.90. The van der Waals surface area contributed by atoms with E-state index in [4.69, 9.17) is 10.00 Å². The van der Waals surface area contributed by atoms with Gasteiger partial charge in [-0.1, -0.05) is 12.1 Å². The van der Waals surface area contributed by atoms with E-state index < -0.39 is 5.92 Å². The lowest BCUT2D eigenvalue weighted by Crippen LogP contribution is -2.18. The minimum Gasteiger partial charge on any atom is -0.465 e. The normalized spacial score (nSPS) is 11.5. The van der Waals surface area contributed by atoms with Crippen LogP contribution in [-0.2, 0) is 16.0 Å². The highest BCUT2D eigenvalue weighted by Crippen LogP contribution is 2.23. The van der Waals surface area contributed by atoms with Crippen LogP contribution in [0.25, 0.3) is 0 Å². The summed E-state index contributed by atoms with van der Waals surface area (Å²) in [4.78, 5) is 20.9. The Morgan fingerprint density at radius 2 is 2.09 bits per heavy atom. The van der Waals surface area contributed by atoms with Gasteiger partial charge in [0.15, 0.2) is 0 Å². The van der Waals surface area contributed by atoms with Crippen LogP contribution in [0.15, 0.2) is 41.0 Å². The molecule has 23 heavy (non-hydrogen) atoms. The Morgan fingerprint density at radius 1 is 1.30 bits per heavy atom. The summed E-state index contributed by atoms with van der Waals surface area (Å²) in [5.74, 6) is -0.755. The lowest BCUT2D eigenvalue weighted by molar-refractivity contribution is -0.145. The van der Waals surface area contributed by atoms with Crippen LogP contribution in [0, 0.1) is 11.3 Å². The van der Waals surface area contributed by atoms with Gasteiger partial charge in [0.25, 0.3) is 0 Å². The third kappa shape index (κ3) is 4.86. The molecule has 0 saturated carbocycles. The SMILES string of the molecule is CCOC(=O)C(CCc1cccc(C#N)n1)c1cccc(Br)n1. The first-order valence-corrected chi connectivity index (χ1v) is 8.08. The molecule has 0 aliphatic carbocycles. The number of carbonyl (C=O) groups excluding carboxylic acids is 1. The van der Waals surface area contributed by atoms with Gasteiger partial charge < -0.3 is 4.74 Å². The zero-order chi connectivity index (χ0) is 16.7. The second kappa shape index (κ2) is 8.39. The summed E-state index contributed by atoms with van der Waals surface area (Å²) >= 11 is 3.32.